The van der Waals surface area contributed by atoms with Crippen molar-refractivity contribution in [3.05, 3.63) is 68.7 Å². The van der Waals surface area contributed by atoms with Gasteiger partial charge in [-0.05, 0) is 31.2 Å². The van der Waals surface area contributed by atoms with Crippen LogP contribution in [0.15, 0.2) is 47.6 Å². The van der Waals surface area contributed by atoms with Crippen molar-refractivity contribution >= 4 is 35.1 Å². The number of halogens is 1. The number of nitro groups is 1. The fourth-order valence-corrected chi connectivity index (χ4v) is 2.00. The lowest BCUT2D eigenvalue weighted by Crippen LogP contribution is -2.25. The van der Waals surface area contributed by atoms with Gasteiger partial charge in [-0.1, -0.05) is 23.7 Å². The van der Waals surface area contributed by atoms with E-state index in [2.05, 4.69) is 15.8 Å². The molecule has 0 bridgehead atoms. The van der Waals surface area contributed by atoms with Crippen LogP contribution in [0.25, 0.3) is 0 Å². The van der Waals surface area contributed by atoms with Gasteiger partial charge in [-0.3, -0.25) is 14.9 Å². The Kier molecular flexibility index (Phi) is 5.86. The molecule has 0 atom stereocenters. The van der Waals surface area contributed by atoms with Crippen LogP contribution in [0.1, 0.15) is 11.1 Å². The van der Waals surface area contributed by atoms with Gasteiger partial charge in [0.2, 0.25) is 0 Å². The normalized spacial score (nSPS) is 10.6. The highest BCUT2D eigenvalue weighted by molar-refractivity contribution is 6.30. The number of carbonyl (C=O) groups excluding carboxylic acids is 1. The molecule has 0 spiro atoms. The van der Waals surface area contributed by atoms with Crippen LogP contribution in [0, 0.1) is 17.0 Å². The van der Waals surface area contributed by atoms with Gasteiger partial charge in [-0.25, -0.2) is 5.43 Å². The van der Waals surface area contributed by atoms with E-state index in [1.165, 1.54) is 12.3 Å². The van der Waals surface area contributed by atoms with E-state index in [9.17, 15) is 14.9 Å². The molecule has 0 aromatic heterocycles. The first kappa shape index (κ1) is 17.4. The van der Waals surface area contributed by atoms with Crippen LogP contribution in [0.2, 0.25) is 5.02 Å². The molecule has 2 aromatic rings. The second-order valence-corrected chi connectivity index (χ2v) is 5.39. The number of nitrogens with one attached hydrogen (secondary N) is 2. The number of rotatable bonds is 6. The minimum absolute atomic E-state index is 0.00896. The Labute approximate surface area is 143 Å². The summed E-state index contributed by atoms with van der Waals surface area (Å²) in [4.78, 5) is 22.1. The fraction of sp³-hybridized carbons (Fsp3) is 0.125. The number of anilines is 1. The first-order valence-corrected chi connectivity index (χ1v) is 7.40. The Bertz CT molecular complexity index is 775. The van der Waals surface area contributed by atoms with Crippen molar-refractivity contribution in [2.45, 2.75) is 6.92 Å². The summed E-state index contributed by atoms with van der Waals surface area (Å²) in [6.07, 6.45) is 1.35. The summed E-state index contributed by atoms with van der Waals surface area (Å²) in [6, 6.07) is 11.6. The van der Waals surface area contributed by atoms with Crippen molar-refractivity contribution in [1.82, 2.24) is 5.43 Å². The highest BCUT2D eigenvalue weighted by Crippen LogP contribution is 2.18. The largest absolute Gasteiger partial charge is 0.376 e. The number of aryl methyl sites for hydroxylation is 1. The number of nitro benzene ring substituents is 1. The minimum atomic E-state index is -0.457. The smallest absolute Gasteiger partial charge is 0.272 e. The van der Waals surface area contributed by atoms with E-state index in [0.29, 0.717) is 16.1 Å². The molecule has 2 rings (SSSR count). The van der Waals surface area contributed by atoms with Gasteiger partial charge in [0.1, 0.15) is 0 Å². The summed E-state index contributed by atoms with van der Waals surface area (Å²) in [5, 5.41) is 18.2. The average Bonchev–Trinajstić information content (AvgIpc) is 2.55. The zero-order valence-electron chi connectivity index (χ0n) is 12.8. The summed E-state index contributed by atoms with van der Waals surface area (Å²) in [7, 11) is 0. The molecule has 0 aliphatic heterocycles. The van der Waals surface area contributed by atoms with Crippen molar-refractivity contribution in [1.29, 1.82) is 0 Å². The van der Waals surface area contributed by atoms with Crippen LogP contribution >= 0.6 is 11.6 Å². The Morgan fingerprint density at radius 1 is 1.29 bits per heavy atom. The highest BCUT2D eigenvalue weighted by atomic mass is 35.5. The molecule has 0 radical (unpaired) electrons. The lowest BCUT2D eigenvalue weighted by molar-refractivity contribution is -0.385. The van der Waals surface area contributed by atoms with Gasteiger partial charge in [0.15, 0.2) is 0 Å². The minimum Gasteiger partial charge on any atom is -0.376 e. The van der Waals surface area contributed by atoms with Crippen LogP contribution in [0.3, 0.4) is 0 Å². The highest BCUT2D eigenvalue weighted by Gasteiger charge is 2.09. The maximum Gasteiger partial charge on any atom is 0.272 e. The van der Waals surface area contributed by atoms with E-state index in [0.717, 1.165) is 5.69 Å². The molecule has 0 aliphatic carbocycles. The summed E-state index contributed by atoms with van der Waals surface area (Å²) >= 11 is 5.77. The molecule has 2 N–H and O–H groups in total. The predicted octanol–water partition coefficient (Wildman–Crippen LogP) is 3.12. The standard InChI is InChI=1S/C16H15ClN4O3/c1-11-2-3-12(8-15(11)21(23)24)9-19-20-16(22)10-18-14-6-4-13(17)5-7-14/h2-9,18H,10H2,1H3,(H,20,22)/b19-9-. The molecule has 8 heteroatoms. The van der Waals surface area contributed by atoms with Gasteiger partial charge in [-0.15, -0.1) is 0 Å². The topological polar surface area (TPSA) is 96.6 Å². The third kappa shape index (κ3) is 5.06. The monoisotopic (exact) mass is 346 g/mol. The number of nitrogens with zero attached hydrogens (tertiary/aromatic N) is 2. The lowest BCUT2D eigenvalue weighted by atomic mass is 10.1. The summed E-state index contributed by atoms with van der Waals surface area (Å²) in [5.74, 6) is -0.345. The molecule has 0 aliphatic rings. The molecule has 24 heavy (non-hydrogen) atoms. The predicted molar refractivity (Wildman–Crippen MR) is 93.5 cm³/mol. The Hall–Kier alpha value is -2.93. The first-order valence-electron chi connectivity index (χ1n) is 7.02. The molecule has 124 valence electrons. The van der Waals surface area contributed by atoms with Gasteiger partial charge in [-0.2, -0.15) is 5.10 Å². The number of amides is 1. The van der Waals surface area contributed by atoms with Crippen LogP contribution in [0.5, 0.6) is 0 Å². The summed E-state index contributed by atoms with van der Waals surface area (Å²) in [6.45, 7) is 1.69. The number of hydrogen-bond acceptors (Lipinski definition) is 5. The lowest BCUT2D eigenvalue weighted by Gasteiger charge is -2.05. The Morgan fingerprint density at radius 2 is 2.00 bits per heavy atom. The molecule has 7 nitrogen and oxygen atoms in total. The van der Waals surface area contributed by atoms with Gasteiger partial charge in [0.25, 0.3) is 11.6 Å². The van der Waals surface area contributed by atoms with Gasteiger partial charge in [0, 0.05) is 27.9 Å². The molecular weight excluding hydrogens is 332 g/mol. The van der Waals surface area contributed by atoms with E-state index < -0.39 is 4.92 Å². The SMILES string of the molecule is Cc1ccc(/C=N\NC(=O)CNc2ccc(Cl)cc2)cc1[N+](=O)[O-]. The Balaban J connectivity index is 1.87. The van der Waals surface area contributed by atoms with Gasteiger partial charge < -0.3 is 5.32 Å². The number of hydrogen-bond donors (Lipinski definition) is 2. The number of benzene rings is 2. The summed E-state index contributed by atoms with van der Waals surface area (Å²) < 4.78 is 0. The van der Waals surface area contributed by atoms with E-state index in [1.807, 2.05) is 0 Å². The molecule has 0 fully saturated rings. The van der Waals surface area contributed by atoms with Crippen molar-refractivity contribution < 1.29 is 9.72 Å². The third-order valence-electron chi connectivity index (χ3n) is 3.13. The molecule has 0 unspecified atom stereocenters. The third-order valence-corrected chi connectivity index (χ3v) is 3.38. The first-order chi connectivity index (χ1) is 11.5. The zero-order valence-corrected chi connectivity index (χ0v) is 13.6. The average molecular weight is 347 g/mol. The fourth-order valence-electron chi connectivity index (χ4n) is 1.87. The second kappa shape index (κ2) is 8.07. The molecule has 0 heterocycles. The van der Waals surface area contributed by atoms with Gasteiger partial charge >= 0.3 is 0 Å². The van der Waals surface area contributed by atoms with Crippen molar-refractivity contribution in [3.63, 3.8) is 0 Å². The number of carbonyl (C=O) groups is 1. The maximum absolute atomic E-state index is 11.7. The van der Waals surface area contributed by atoms with Crippen LogP contribution in [-0.4, -0.2) is 23.6 Å². The molecular formula is C16H15ClN4O3. The molecule has 1 amide bonds. The van der Waals surface area contributed by atoms with Crippen LogP contribution < -0.4 is 10.7 Å². The quantitative estimate of drug-likeness (QED) is 0.477. The second-order valence-electron chi connectivity index (χ2n) is 4.96. The van der Waals surface area contributed by atoms with Crippen LogP contribution in [-0.2, 0) is 4.79 Å². The van der Waals surface area contributed by atoms with Crippen molar-refractivity contribution in [2.24, 2.45) is 5.10 Å². The van der Waals surface area contributed by atoms with Crippen LogP contribution in [0.4, 0.5) is 11.4 Å². The maximum atomic E-state index is 11.7. The van der Waals surface area contributed by atoms with Crippen molar-refractivity contribution in [2.75, 3.05) is 11.9 Å². The van der Waals surface area contributed by atoms with E-state index in [4.69, 9.17) is 11.6 Å². The Morgan fingerprint density at radius 3 is 2.67 bits per heavy atom. The molecule has 2 aromatic carbocycles. The molecule has 0 saturated carbocycles. The summed E-state index contributed by atoms with van der Waals surface area (Å²) in [5.41, 5.74) is 4.20. The van der Waals surface area contributed by atoms with E-state index >= 15 is 0 Å². The van der Waals surface area contributed by atoms with E-state index in [-0.39, 0.29) is 18.1 Å². The van der Waals surface area contributed by atoms with E-state index in [1.54, 1.807) is 43.3 Å². The zero-order chi connectivity index (χ0) is 17.5. The molecule has 0 saturated heterocycles. The van der Waals surface area contributed by atoms with Crippen molar-refractivity contribution in [3.8, 4) is 0 Å². The number of hydrazone groups is 1. The van der Waals surface area contributed by atoms with Gasteiger partial charge in [0.05, 0.1) is 17.7 Å².